The molecular weight excluding hydrogens is 385 g/mol. The number of nitro benzene ring substituents is 1. The maximum atomic E-state index is 12.5. The molecule has 8 nitrogen and oxygen atoms in total. The van der Waals surface area contributed by atoms with E-state index in [0.29, 0.717) is 0 Å². The topological polar surface area (TPSA) is 126 Å². The van der Waals surface area contributed by atoms with Crippen LogP contribution in [0.2, 0.25) is 10.0 Å². The lowest BCUT2D eigenvalue weighted by atomic mass is 10.0. The molecule has 0 bridgehead atoms. The molecule has 0 radical (unpaired) electrons. The number of aromatic amines is 1. The fourth-order valence-corrected chi connectivity index (χ4v) is 2.62. The summed E-state index contributed by atoms with van der Waals surface area (Å²) in [4.78, 5) is 41.1. The van der Waals surface area contributed by atoms with Gasteiger partial charge in [-0.2, -0.15) is 0 Å². The van der Waals surface area contributed by atoms with E-state index in [2.05, 4.69) is 9.97 Å². The molecule has 0 aliphatic rings. The van der Waals surface area contributed by atoms with Crippen LogP contribution in [0.15, 0.2) is 41.2 Å². The lowest BCUT2D eigenvalue weighted by Crippen LogP contribution is -2.24. The highest BCUT2D eigenvalue weighted by atomic mass is 35.5. The number of H-pyrrole nitrogens is 1. The van der Waals surface area contributed by atoms with E-state index in [0.717, 1.165) is 6.07 Å². The van der Waals surface area contributed by atoms with E-state index in [4.69, 9.17) is 23.2 Å². The molecule has 26 heavy (non-hydrogen) atoms. The standard InChI is InChI=1S/C16H9Cl2N3O5/c17-9-3-1-7(5-10(9)18)14(22)15(23)13-16(24)20-12-6-8(21(25)26)2-4-11(12)19-13/h1-6,14,22H,(H,20,24). The summed E-state index contributed by atoms with van der Waals surface area (Å²) >= 11 is 11.7. The number of hydrogen-bond donors (Lipinski definition) is 2. The summed E-state index contributed by atoms with van der Waals surface area (Å²) in [6.07, 6.45) is -1.67. The number of carbonyl (C=O) groups excluding carboxylic acids is 1. The summed E-state index contributed by atoms with van der Waals surface area (Å²) in [6.45, 7) is 0. The number of carbonyl (C=O) groups is 1. The summed E-state index contributed by atoms with van der Waals surface area (Å²) in [5.41, 5.74) is -1.21. The predicted molar refractivity (Wildman–Crippen MR) is 94.8 cm³/mol. The zero-order valence-corrected chi connectivity index (χ0v) is 14.3. The van der Waals surface area contributed by atoms with Crippen LogP contribution in [-0.4, -0.2) is 25.8 Å². The summed E-state index contributed by atoms with van der Waals surface area (Å²) in [6, 6.07) is 7.74. The molecule has 0 saturated heterocycles. The van der Waals surface area contributed by atoms with Crippen molar-refractivity contribution < 1.29 is 14.8 Å². The summed E-state index contributed by atoms with van der Waals surface area (Å²) in [5, 5.41) is 21.4. The number of non-ortho nitro benzene ring substituents is 1. The Kier molecular flexibility index (Phi) is 4.73. The average Bonchev–Trinajstić information content (AvgIpc) is 2.61. The molecule has 0 saturated carbocycles. The van der Waals surface area contributed by atoms with Gasteiger partial charge in [0.15, 0.2) is 5.69 Å². The number of aliphatic hydroxyl groups excluding tert-OH is 1. The van der Waals surface area contributed by atoms with Gasteiger partial charge in [-0.05, 0) is 23.8 Å². The minimum atomic E-state index is -1.67. The molecule has 1 aromatic heterocycles. The first-order chi connectivity index (χ1) is 12.3. The van der Waals surface area contributed by atoms with Crippen LogP contribution in [0.3, 0.4) is 0 Å². The van der Waals surface area contributed by atoms with Gasteiger partial charge in [-0.25, -0.2) is 4.98 Å². The Labute approximate surface area is 155 Å². The predicted octanol–water partition coefficient (Wildman–Crippen LogP) is 3.05. The summed E-state index contributed by atoms with van der Waals surface area (Å²) in [7, 11) is 0. The van der Waals surface area contributed by atoms with E-state index < -0.39 is 28.1 Å². The van der Waals surface area contributed by atoms with Gasteiger partial charge in [0.2, 0.25) is 5.78 Å². The van der Waals surface area contributed by atoms with Crippen molar-refractivity contribution in [2.24, 2.45) is 0 Å². The fourth-order valence-electron chi connectivity index (χ4n) is 2.32. The van der Waals surface area contributed by atoms with Crippen molar-refractivity contribution in [1.82, 2.24) is 9.97 Å². The van der Waals surface area contributed by atoms with Gasteiger partial charge in [0.05, 0.1) is 26.0 Å². The van der Waals surface area contributed by atoms with Crippen molar-refractivity contribution in [2.75, 3.05) is 0 Å². The van der Waals surface area contributed by atoms with Crippen LogP contribution >= 0.6 is 23.2 Å². The number of nitrogens with one attached hydrogen (secondary N) is 1. The van der Waals surface area contributed by atoms with Gasteiger partial charge in [-0.1, -0.05) is 29.3 Å². The maximum Gasteiger partial charge on any atom is 0.278 e. The zero-order chi connectivity index (χ0) is 19.0. The molecule has 3 rings (SSSR count). The van der Waals surface area contributed by atoms with Gasteiger partial charge in [0.25, 0.3) is 11.2 Å². The Bertz CT molecular complexity index is 1110. The number of nitrogens with zero attached hydrogens (tertiary/aromatic N) is 2. The van der Waals surface area contributed by atoms with E-state index >= 15 is 0 Å². The van der Waals surface area contributed by atoms with Gasteiger partial charge in [-0.3, -0.25) is 19.7 Å². The molecule has 2 aromatic carbocycles. The SMILES string of the molecule is O=C(c1nc2ccc([N+](=O)[O-])cc2[nH]c1=O)C(O)c1ccc(Cl)c(Cl)c1. The zero-order valence-electron chi connectivity index (χ0n) is 12.8. The fraction of sp³-hybridized carbons (Fsp3) is 0.0625. The highest BCUT2D eigenvalue weighted by Crippen LogP contribution is 2.27. The van der Waals surface area contributed by atoms with Crippen LogP contribution in [-0.2, 0) is 0 Å². The Morgan fingerprint density at radius 1 is 1.19 bits per heavy atom. The molecule has 1 unspecified atom stereocenters. The maximum absolute atomic E-state index is 12.5. The number of nitro groups is 1. The second-order valence-electron chi connectivity index (χ2n) is 5.31. The summed E-state index contributed by atoms with van der Waals surface area (Å²) in [5.74, 6) is -0.940. The number of aromatic nitrogens is 2. The first kappa shape index (κ1) is 18.0. The van der Waals surface area contributed by atoms with Crippen LogP contribution < -0.4 is 5.56 Å². The normalized spacial score (nSPS) is 12.1. The van der Waals surface area contributed by atoms with Crippen molar-refractivity contribution in [3.63, 3.8) is 0 Å². The van der Waals surface area contributed by atoms with E-state index in [1.165, 1.54) is 30.3 Å². The Morgan fingerprint density at radius 3 is 2.58 bits per heavy atom. The third-order valence-corrected chi connectivity index (χ3v) is 4.37. The minimum Gasteiger partial charge on any atom is -0.380 e. The van der Waals surface area contributed by atoms with Crippen LogP contribution in [0.5, 0.6) is 0 Å². The van der Waals surface area contributed by atoms with Crippen LogP contribution in [0.1, 0.15) is 22.2 Å². The lowest BCUT2D eigenvalue weighted by molar-refractivity contribution is -0.384. The van der Waals surface area contributed by atoms with Gasteiger partial charge >= 0.3 is 0 Å². The molecule has 0 aliphatic carbocycles. The van der Waals surface area contributed by atoms with Crippen LogP contribution in [0.4, 0.5) is 5.69 Å². The van der Waals surface area contributed by atoms with Gasteiger partial charge < -0.3 is 10.1 Å². The second-order valence-corrected chi connectivity index (χ2v) is 6.13. The molecule has 1 heterocycles. The van der Waals surface area contributed by atoms with Gasteiger partial charge in [0.1, 0.15) is 6.10 Å². The Morgan fingerprint density at radius 2 is 1.92 bits per heavy atom. The number of halogens is 2. The number of fused-ring (bicyclic) bond motifs is 1. The lowest BCUT2D eigenvalue weighted by Gasteiger charge is -2.10. The number of benzene rings is 2. The molecule has 2 N–H and O–H groups in total. The number of hydrogen-bond acceptors (Lipinski definition) is 6. The number of rotatable bonds is 4. The smallest absolute Gasteiger partial charge is 0.278 e. The molecule has 132 valence electrons. The molecular formula is C16H9Cl2N3O5. The number of ketones is 1. The van der Waals surface area contributed by atoms with Gasteiger partial charge in [0, 0.05) is 12.1 Å². The van der Waals surface area contributed by atoms with Crippen molar-refractivity contribution in [1.29, 1.82) is 0 Å². The van der Waals surface area contributed by atoms with E-state index in [1.807, 2.05) is 0 Å². The molecule has 0 amide bonds. The third-order valence-electron chi connectivity index (χ3n) is 3.63. The number of aliphatic hydroxyl groups is 1. The largest absolute Gasteiger partial charge is 0.380 e. The Hall–Kier alpha value is -2.81. The monoisotopic (exact) mass is 393 g/mol. The van der Waals surface area contributed by atoms with Crippen LogP contribution in [0, 0.1) is 10.1 Å². The van der Waals surface area contributed by atoms with E-state index in [-0.39, 0.29) is 32.3 Å². The average molecular weight is 394 g/mol. The molecule has 0 spiro atoms. The molecule has 3 aromatic rings. The molecule has 0 aliphatic heterocycles. The first-order valence-electron chi connectivity index (χ1n) is 7.13. The van der Waals surface area contributed by atoms with Crippen molar-refractivity contribution in [3.05, 3.63) is 78.2 Å². The minimum absolute atomic E-state index is 0.102. The second kappa shape index (κ2) is 6.83. The van der Waals surface area contributed by atoms with Crippen molar-refractivity contribution in [2.45, 2.75) is 6.10 Å². The number of Topliss-reactive ketones (excluding diaryl/α,β-unsaturated/α-hetero) is 1. The van der Waals surface area contributed by atoms with Crippen molar-refractivity contribution >= 4 is 45.7 Å². The third kappa shape index (κ3) is 3.30. The van der Waals surface area contributed by atoms with Crippen molar-refractivity contribution in [3.8, 4) is 0 Å². The van der Waals surface area contributed by atoms with E-state index in [1.54, 1.807) is 0 Å². The van der Waals surface area contributed by atoms with E-state index in [9.17, 15) is 24.8 Å². The van der Waals surface area contributed by atoms with Crippen LogP contribution in [0.25, 0.3) is 11.0 Å². The highest BCUT2D eigenvalue weighted by Gasteiger charge is 2.24. The van der Waals surface area contributed by atoms with Gasteiger partial charge in [-0.15, -0.1) is 0 Å². The molecule has 1 atom stereocenters. The highest BCUT2D eigenvalue weighted by molar-refractivity contribution is 6.42. The molecule has 0 fully saturated rings. The Balaban J connectivity index is 2.03. The summed E-state index contributed by atoms with van der Waals surface area (Å²) < 4.78 is 0. The molecule has 10 heteroatoms. The quantitative estimate of drug-likeness (QED) is 0.398. The first-order valence-corrected chi connectivity index (χ1v) is 7.89.